The molecule has 0 radical (unpaired) electrons. The number of carbonyl (C=O) groups is 1. The molecular weight excluding hydrogens is 322 g/mol. The standard InChI is InChI=1S/C20H16F2N2O/c21-15-5-7-16(8-6-15)23-17-9-11-18(12-10-17)24-20(25)13-14-3-1-2-4-19(14)22/h1-12,23H,13H2,(H,24,25). The van der Waals surface area contributed by atoms with Gasteiger partial charge in [-0.25, -0.2) is 8.78 Å². The van der Waals surface area contributed by atoms with Crippen LogP contribution in [0.25, 0.3) is 0 Å². The van der Waals surface area contributed by atoms with Crippen LogP contribution in [0.5, 0.6) is 0 Å². The molecule has 3 aromatic carbocycles. The van der Waals surface area contributed by atoms with Crippen LogP contribution in [0.1, 0.15) is 5.56 Å². The molecule has 3 nitrogen and oxygen atoms in total. The van der Waals surface area contributed by atoms with Crippen molar-refractivity contribution in [2.24, 2.45) is 0 Å². The van der Waals surface area contributed by atoms with Gasteiger partial charge in [-0.05, 0) is 60.2 Å². The molecule has 3 aromatic rings. The van der Waals surface area contributed by atoms with Gasteiger partial charge in [0.05, 0.1) is 6.42 Å². The normalized spacial score (nSPS) is 10.3. The predicted octanol–water partition coefficient (Wildman–Crippen LogP) is 4.89. The van der Waals surface area contributed by atoms with Crippen molar-refractivity contribution in [1.82, 2.24) is 0 Å². The highest BCUT2D eigenvalue weighted by Gasteiger charge is 2.08. The number of halogens is 2. The highest BCUT2D eigenvalue weighted by atomic mass is 19.1. The van der Waals surface area contributed by atoms with Crippen LogP contribution in [0, 0.1) is 11.6 Å². The van der Waals surface area contributed by atoms with Crippen LogP contribution in [-0.2, 0) is 11.2 Å². The zero-order valence-corrected chi connectivity index (χ0v) is 13.3. The molecule has 0 fully saturated rings. The lowest BCUT2D eigenvalue weighted by atomic mass is 10.1. The SMILES string of the molecule is O=C(Cc1ccccc1F)Nc1ccc(Nc2ccc(F)cc2)cc1. The molecule has 0 aliphatic rings. The average molecular weight is 338 g/mol. The number of benzene rings is 3. The van der Waals surface area contributed by atoms with E-state index in [0.717, 1.165) is 11.4 Å². The van der Waals surface area contributed by atoms with Crippen LogP contribution in [0.3, 0.4) is 0 Å². The molecule has 0 unspecified atom stereocenters. The number of anilines is 3. The van der Waals surface area contributed by atoms with Crippen molar-refractivity contribution in [2.75, 3.05) is 10.6 Å². The second-order valence-electron chi connectivity index (χ2n) is 5.53. The van der Waals surface area contributed by atoms with Crippen LogP contribution in [0.2, 0.25) is 0 Å². The Kier molecular flexibility index (Phi) is 5.04. The summed E-state index contributed by atoms with van der Waals surface area (Å²) in [6.07, 6.45) is -0.0255. The molecule has 0 saturated heterocycles. The molecular formula is C20H16F2N2O. The molecule has 1 amide bonds. The van der Waals surface area contributed by atoms with Gasteiger partial charge < -0.3 is 10.6 Å². The maximum absolute atomic E-state index is 13.6. The van der Waals surface area contributed by atoms with E-state index in [2.05, 4.69) is 10.6 Å². The van der Waals surface area contributed by atoms with Gasteiger partial charge in [0.15, 0.2) is 0 Å². The Morgan fingerprint density at radius 3 is 1.96 bits per heavy atom. The molecule has 0 heterocycles. The summed E-state index contributed by atoms with van der Waals surface area (Å²) in [5.74, 6) is -0.973. The van der Waals surface area contributed by atoms with Crippen molar-refractivity contribution < 1.29 is 13.6 Å². The Morgan fingerprint density at radius 1 is 0.760 bits per heavy atom. The summed E-state index contributed by atoms with van der Waals surface area (Å²) in [4.78, 5) is 12.0. The lowest BCUT2D eigenvalue weighted by Gasteiger charge is -2.09. The van der Waals surface area contributed by atoms with Crippen LogP contribution in [0.4, 0.5) is 25.8 Å². The first kappa shape index (κ1) is 16.6. The van der Waals surface area contributed by atoms with Crippen molar-refractivity contribution >= 4 is 23.0 Å². The predicted molar refractivity (Wildman–Crippen MR) is 94.9 cm³/mol. The van der Waals surface area contributed by atoms with Gasteiger partial charge in [0, 0.05) is 17.1 Å². The topological polar surface area (TPSA) is 41.1 Å². The van der Waals surface area contributed by atoms with E-state index in [1.807, 2.05) is 0 Å². The lowest BCUT2D eigenvalue weighted by Crippen LogP contribution is -2.15. The minimum Gasteiger partial charge on any atom is -0.356 e. The van der Waals surface area contributed by atoms with Gasteiger partial charge >= 0.3 is 0 Å². The summed E-state index contributed by atoms with van der Waals surface area (Å²) in [7, 11) is 0. The molecule has 0 atom stereocenters. The second kappa shape index (κ2) is 7.57. The quantitative estimate of drug-likeness (QED) is 0.695. The fourth-order valence-corrected chi connectivity index (χ4v) is 2.36. The van der Waals surface area contributed by atoms with Crippen LogP contribution in [-0.4, -0.2) is 5.91 Å². The Labute approximate surface area is 144 Å². The van der Waals surface area contributed by atoms with E-state index in [9.17, 15) is 13.6 Å². The van der Waals surface area contributed by atoms with E-state index >= 15 is 0 Å². The molecule has 3 rings (SSSR count). The van der Waals surface area contributed by atoms with E-state index in [1.165, 1.54) is 18.2 Å². The molecule has 126 valence electrons. The minimum atomic E-state index is -0.392. The summed E-state index contributed by atoms with van der Waals surface area (Å²) < 4.78 is 26.5. The molecule has 0 bridgehead atoms. The third kappa shape index (κ3) is 4.64. The highest BCUT2D eigenvalue weighted by molar-refractivity contribution is 5.92. The minimum absolute atomic E-state index is 0.0255. The van der Waals surface area contributed by atoms with Crippen LogP contribution >= 0.6 is 0 Å². The molecule has 25 heavy (non-hydrogen) atoms. The van der Waals surface area contributed by atoms with Crippen molar-refractivity contribution in [1.29, 1.82) is 0 Å². The monoisotopic (exact) mass is 338 g/mol. The maximum Gasteiger partial charge on any atom is 0.228 e. The summed E-state index contributed by atoms with van der Waals surface area (Å²) in [6, 6.07) is 19.3. The van der Waals surface area contributed by atoms with Gasteiger partial charge in [0.2, 0.25) is 5.91 Å². The van der Waals surface area contributed by atoms with Crippen molar-refractivity contribution in [3.8, 4) is 0 Å². The molecule has 0 aromatic heterocycles. The van der Waals surface area contributed by atoms with Gasteiger partial charge in [-0.2, -0.15) is 0 Å². The van der Waals surface area contributed by atoms with Crippen molar-refractivity contribution in [3.05, 3.63) is 90.0 Å². The Balaban J connectivity index is 1.59. The molecule has 0 aliphatic carbocycles. The van der Waals surface area contributed by atoms with Gasteiger partial charge in [-0.15, -0.1) is 0 Å². The third-order valence-corrected chi connectivity index (χ3v) is 3.61. The molecule has 2 N–H and O–H groups in total. The molecule has 0 saturated carbocycles. The van der Waals surface area contributed by atoms with E-state index in [0.29, 0.717) is 11.3 Å². The Bertz CT molecular complexity index is 862. The molecule has 5 heteroatoms. The molecule has 0 spiro atoms. The number of hydrogen-bond donors (Lipinski definition) is 2. The fourth-order valence-electron chi connectivity index (χ4n) is 2.36. The summed E-state index contributed by atoms with van der Waals surface area (Å²) in [5, 5.41) is 5.86. The fraction of sp³-hybridized carbons (Fsp3) is 0.0500. The summed E-state index contributed by atoms with van der Waals surface area (Å²) >= 11 is 0. The Hall–Kier alpha value is -3.21. The van der Waals surface area contributed by atoms with E-state index in [1.54, 1.807) is 54.6 Å². The maximum atomic E-state index is 13.6. The Morgan fingerprint density at radius 2 is 1.32 bits per heavy atom. The smallest absolute Gasteiger partial charge is 0.228 e. The number of nitrogens with one attached hydrogen (secondary N) is 2. The summed E-state index contributed by atoms with van der Waals surface area (Å²) in [6.45, 7) is 0. The number of carbonyl (C=O) groups excluding carboxylic acids is 1. The number of hydrogen-bond acceptors (Lipinski definition) is 2. The van der Waals surface area contributed by atoms with Crippen LogP contribution < -0.4 is 10.6 Å². The number of amides is 1. The summed E-state index contributed by atoms with van der Waals surface area (Å²) in [5.41, 5.74) is 2.54. The first-order chi connectivity index (χ1) is 12.1. The first-order valence-electron chi connectivity index (χ1n) is 7.76. The van der Waals surface area contributed by atoms with Gasteiger partial charge in [0.25, 0.3) is 0 Å². The highest BCUT2D eigenvalue weighted by Crippen LogP contribution is 2.19. The largest absolute Gasteiger partial charge is 0.356 e. The second-order valence-corrected chi connectivity index (χ2v) is 5.53. The third-order valence-electron chi connectivity index (χ3n) is 3.61. The first-order valence-corrected chi connectivity index (χ1v) is 7.76. The van der Waals surface area contributed by atoms with Crippen LogP contribution in [0.15, 0.2) is 72.8 Å². The lowest BCUT2D eigenvalue weighted by molar-refractivity contribution is -0.115. The molecule has 0 aliphatic heterocycles. The number of rotatable bonds is 5. The van der Waals surface area contributed by atoms with Gasteiger partial charge in [-0.3, -0.25) is 4.79 Å². The van der Waals surface area contributed by atoms with E-state index in [-0.39, 0.29) is 18.1 Å². The zero-order chi connectivity index (χ0) is 17.6. The zero-order valence-electron chi connectivity index (χ0n) is 13.3. The van der Waals surface area contributed by atoms with Gasteiger partial charge in [-0.1, -0.05) is 18.2 Å². The van der Waals surface area contributed by atoms with E-state index in [4.69, 9.17) is 0 Å². The van der Waals surface area contributed by atoms with Crippen molar-refractivity contribution in [2.45, 2.75) is 6.42 Å². The average Bonchev–Trinajstić information content (AvgIpc) is 2.61. The van der Waals surface area contributed by atoms with E-state index < -0.39 is 5.82 Å². The van der Waals surface area contributed by atoms with Gasteiger partial charge in [0.1, 0.15) is 11.6 Å². The van der Waals surface area contributed by atoms with Crippen molar-refractivity contribution in [3.63, 3.8) is 0 Å².